The highest BCUT2D eigenvalue weighted by atomic mass is 32.2. The predicted octanol–water partition coefficient (Wildman–Crippen LogP) is 2.76. The topological polar surface area (TPSA) is 92.8 Å². The van der Waals surface area contributed by atoms with Crippen molar-refractivity contribution in [2.75, 3.05) is 23.9 Å². The zero-order valence-electron chi connectivity index (χ0n) is 16.0. The van der Waals surface area contributed by atoms with Gasteiger partial charge in [0.25, 0.3) is 0 Å². The van der Waals surface area contributed by atoms with E-state index in [1.165, 1.54) is 14.0 Å². The third-order valence-electron chi connectivity index (χ3n) is 4.79. The lowest BCUT2D eigenvalue weighted by Gasteiger charge is -2.20. The SMILES string of the molecule is COc1ccc(NC(=O)C(C)S(=O)(=O)c2ccc(F)cc2)cc1N1CCCC1=O. The van der Waals surface area contributed by atoms with Gasteiger partial charge < -0.3 is 15.0 Å². The van der Waals surface area contributed by atoms with Gasteiger partial charge in [-0.25, -0.2) is 12.8 Å². The summed E-state index contributed by atoms with van der Waals surface area (Å²) in [4.78, 5) is 26.1. The summed E-state index contributed by atoms with van der Waals surface area (Å²) in [7, 11) is -2.51. The Morgan fingerprint density at radius 2 is 1.90 bits per heavy atom. The van der Waals surface area contributed by atoms with E-state index in [9.17, 15) is 22.4 Å². The van der Waals surface area contributed by atoms with Crippen LogP contribution < -0.4 is 15.0 Å². The molecule has 2 amide bonds. The summed E-state index contributed by atoms with van der Waals surface area (Å²) in [6.45, 7) is 1.81. The van der Waals surface area contributed by atoms with E-state index in [0.29, 0.717) is 30.1 Å². The molecule has 9 heteroatoms. The quantitative estimate of drug-likeness (QED) is 0.726. The molecule has 1 atom stereocenters. The molecule has 1 unspecified atom stereocenters. The van der Waals surface area contributed by atoms with Crippen molar-refractivity contribution in [2.24, 2.45) is 0 Å². The molecule has 0 aromatic heterocycles. The number of ether oxygens (including phenoxy) is 1. The number of nitrogens with zero attached hydrogens (tertiary/aromatic N) is 1. The van der Waals surface area contributed by atoms with Gasteiger partial charge in [-0.3, -0.25) is 9.59 Å². The molecule has 1 saturated heterocycles. The Hall–Kier alpha value is -2.94. The van der Waals surface area contributed by atoms with Crippen LogP contribution in [0, 0.1) is 5.82 Å². The predicted molar refractivity (Wildman–Crippen MR) is 106 cm³/mol. The van der Waals surface area contributed by atoms with Crippen molar-refractivity contribution >= 4 is 33.0 Å². The van der Waals surface area contributed by atoms with Crippen LogP contribution in [0.5, 0.6) is 5.75 Å². The largest absolute Gasteiger partial charge is 0.495 e. The number of nitrogens with one attached hydrogen (secondary N) is 1. The molecule has 2 aromatic carbocycles. The Morgan fingerprint density at radius 3 is 2.48 bits per heavy atom. The third-order valence-corrected chi connectivity index (χ3v) is 6.86. The van der Waals surface area contributed by atoms with Crippen LogP contribution in [0.15, 0.2) is 47.4 Å². The fraction of sp³-hybridized carbons (Fsp3) is 0.300. The summed E-state index contributed by atoms with van der Waals surface area (Å²) >= 11 is 0. The number of carbonyl (C=O) groups excluding carboxylic acids is 2. The van der Waals surface area contributed by atoms with Crippen molar-refractivity contribution in [3.05, 3.63) is 48.3 Å². The Balaban J connectivity index is 1.83. The maximum absolute atomic E-state index is 13.1. The number of hydrogen-bond donors (Lipinski definition) is 1. The first kappa shape index (κ1) is 20.8. The monoisotopic (exact) mass is 420 g/mol. The van der Waals surface area contributed by atoms with Crippen molar-refractivity contribution < 1.29 is 27.1 Å². The first-order chi connectivity index (χ1) is 13.7. The number of anilines is 2. The molecule has 154 valence electrons. The molecule has 0 bridgehead atoms. The van der Waals surface area contributed by atoms with Crippen LogP contribution in [-0.2, 0) is 19.4 Å². The number of rotatable bonds is 6. The van der Waals surface area contributed by atoms with E-state index in [4.69, 9.17) is 4.74 Å². The van der Waals surface area contributed by atoms with Crippen LogP contribution in [0.3, 0.4) is 0 Å². The maximum Gasteiger partial charge on any atom is 0.242 e. The zero-order valence-corrected chi connectivity index (χ0v) is 16.8. The van der Waals surface area contributed by atoms with Crippen LogP contribution in [0.1, 0.15) is 19.8 Å². The van der Waals surface area contributed by atoms with E-state index in [0.717, 1.165) is 30.7 Å². The van der Waals surface area contributed by atoms with E-state index in [2.05, 4.69) is 5.32 Å². The van der Waals surface area contributed by atoms with Gasteiger partial charge in [0, 0.05) is 18.7 Å². The van der Waals surface area contributed by atoms with Crippen molar-refractivity contribution in [1.29, 1.82) is 0 Å². The highest BCUT2D eigenvalue weighted by Gasteiger charge is 2.30. The van der Waals surface area contributed by atoms with Gasteiger partial charge in [-0.15, -0.1) is 0 Å². The third kappa shape index (κ3) is 4.24. The fourth-order valence-electron chi connectivity index (χ4n) is 3.09. The Kier molecular flexibility index (Phi) is 5.88. The number of halogens is 1. The second-order valence-corrected chi connectivity index (χ2v) is 8.93. The Labute approximate surface area is 168 Å². The van der Waals surface area contributed by atoms with Gasteiger partial charge in [0.05, 0.1) is 17.7 Å². The standard InChI is InChI=1S/C20H21FN2O5S/c1-13(29(26,27)16-8-5-14(21)6-9-16)20(25)22-15-7-10-18(28-2)17(12-15)23-11-3-4-19(23)24/h5-10,12-13H,3-4,11H2,1-2H3,(H,22,25). The van der Waals surface area contributed by atoms with Crippen molar-refractivity contribution in [2.45, 2.75) is 29.9 Å². The number of amides is 2. The lowest BCUT2D eigenvalue weighted by molar-refractivity contribution is -0.117. The van der Waals surface area contributed by atoms with Gasteiger partial charge in [0.1, 0.15) is 16.8 Å². The van der Waals surface area contributed by atoms with E-state index in [1.807, 2.05) is 0 Å². The van der Waals surface area contributed by atoms with Crippen molar-refractivity contribution in [3.8, 4) is 5.75 Å². The second kappa shape index (κ2) is 8.20. The average molecular weight is 420 g/mol. The van der Waals surface area contributed by atoms with Crippen LogP contribution in [0.4, 0.5) is 15.8 Å². The molecule has 7 nitrogen and oxygen atoms in total. The number of hydrogen-bond acceptors (Lipinski definition) is 5. The van der Waals surface area contributed by atoms with E-state index in [1.54, 1.807) is 23.1 Å². The molecule has 0 radical (unpaired) electrons. The number of methoxy groups -OCH3 is 1. The number of carbonyl (C=O) groups is 2. The van der Waals surface area contributed by atoms with Gasteiger partial charge in [-0.1, -0.05) is 0 Å². The fourth-order valence-corrected chi connectivity index (χ4v) is 4.36. The summed E-state index contributed by atoms with van der Waals surface area (Å²) < 4.78 is 43.6. The van der Waals surface area contributed by atoms with E-state index in [-0.39, 0.29) is 10.8 Å². The minimum absolute atomic E-state index is 0.0426. The van der Waals surface area contributed by atoms with Gasteiger partial charge in [0.2, 0.25) is 11.8 Å². The molecule has 0 saturated carbocycles. The molecule has 3 rings (SSSR count). The molecule has 1 aliphatic rings. The Bertz CT molecular complexity index is 1040. The molecule has 1 N–H and O–H groups in total. The molecule has 0 aliphatic carbocycles. The minimum atomic E-state index is -3.99. The molecule has 29 heavy (non-hydrogen) atoms. The molecule has 2 aromatic rings. The molecule has 1 fully saturated rings. The van der Waals surface area contributed by atoms with Crippen LogP contribution in [0.2, 0.25) is 0 Å². The van der Waals surface area contributed by atoms with Gasteiger partial charge in [0.15, 0.2) is 9.84 Å². The second-order valence-electron chi connectivity index (χ2n) is 6.67. The van der Waals surface area contributed by atoms with Crippen LogP contribution >= 0.6 is 0 Å². The summed E-state index contributed by atoms with van der Waals surface area (Å²) in [5.74, 6) is -0.870. The lowest BCUT2D eigenvalue weighted by Crippen LogP contribution is -2.32. The zero-order chi connectivity index (χ0) is 21.2. The normalized spacial score (nSPS) is 15.3. The molecule has 0 spiro atoms. The molecular weight excluding hydrogens is 399 g/mol. The summed E-state index contributed by atoms with van der Waals surface area (Å²) in [6.07, 6.45) is 1.16. The molecule has 1 heterocycles. The average Bonchev–Trinajstić information content (AvgIpc) is 3.13. The highest BCUT2D eigenvalue weighted by molar-refractivity contribution is 7.92. The van der Waals surface area contributed by atoms with Gasteiger partial charge >= 0.3 is 0 Å². The molecule has 1 aliphatic heterocycles. The van der Waals surface area contributed by atoms with Crippen LogP contribution in [-0.4, -0.2) is 39.1 Å². The van der Waals surface area contributed by atoms with E-state index >= 15 is 0 Å². The maximum atomic E-state index is 13.1. The smallest absolute Gasteiger partial charge is 0.242 e. The van der Waals surface area contributed by atoms with Gasteiger partial charge in [-0.2, -0.15) is 0 Å². The first-order valence-corrected chi connectivity index (χ1v) is 10.6. The van der Waals surface area contributed by atoms with Crippen molar-refractivity contribution in [1.82, 2.24) is 0 Å². The number of sulfone groups is 1. The summed E-state index contributed by atoms with van der Waals surface area (Å²) in [5, 5.41) is 1.18. The highest BCUT2D eigenvalue weighted by Crippen LogP contribution is 2.34. The first-order valence-electron chi connectivity index (χ1n) is 9.03. The minimum Gasteiger partial charge on any atom is -0.495 e. The van der Waals surface area contributed by atoms with Crippen LogP contribution in [0.25, 0.3) is 0 Å². The Morgan fingerprint density at radius 1 is 1.21 bits per heavy atom. The summed E-state index contributed by atoms with van der Waals surface area (Å²) in [5.41, 5.74) is 0.855. The van der Waals surface area contributed by atoms with Crippen molar-refractivity contribution in [3.63, 3.8) is 0 Å². The number of benzene rings is 2. The molecular formula is C20H21FN2O5S. The lowest BCUT2D eigenvalue weighted by atomic mass is 10.2. The summed E-state index contributed by atoms with van der Waals surface area (Å²) in [6, 6.07) is 9.06. The van der Waals surface area contributed by atoms with Gasteiger partial charge in [-0.05, 0) is 55.8 Å². The van der Waals surface area contributed by atoms with E-state index < -0.39 is 26.8 Å².